The molecule has 1 atom stereocenters. The van der Waals surface area contributed by atoms with Crippen molar-refractivity contribution in [2.75, 3.05) is 11.0 Å². The average molecular weight is 418 g/mol. The van der Waals surface area contributed by atoms with E-state index in [1.165, 1.54) is 0 Å². The van der Waals surface area contributed by atoms with Gasteiger partial charge in [0.05, 0.1) is 6.61 Å². The van der Waals surface area contributed by atoms with Crippen molar-refractivity contribution < 1.29 is 4.74 Å². The fourth-order valence-corrected chi connectivity index (χ4v) is 3.16. The van der Waals surface area contributed by atoms with Gasteiger partial charge in [0.2, 0.25) is 5.90 Å². The molecule has 0 saturated carbocycles. The van der Waals surface area contributed by atoms with Crippen LogP contribution < -0.4 is 0 Å². The molecule has 18 heavy (non-hydrogen) atoms. The van der Waals surface area contributed by atoms with Gasteiger partial charge in [-0.3, -0.25) is 0 Å². The molecule has 0 fully saturated rings. The van der Waals surface area contributed by atoms with Crippen LogP contribution in [0.25, 0.3) is 0 Å². The van der Waals surface area contributed by atoms with E-state index in [0.717, 1.165) is 16.4 Å². The molecule has 2 rings (SSSR count). The van der Waals surface area contributed by atoms with Gasteiger partial charge in [-0.1, -0.05) is 87.7 Å². The Labute approximate surface area is 135 Å². The number of ether oxygens (including phenoxy) is 1. The van der Waals surface area contributed by atoms with E-state index < -0.39 is 3.79 Å². The van der Waals surface area contributed by atoms with Crippen molar-refractivity contribution in [1.82, 2.24) is 0 Å². The van der Waals surface area contributed by atoms with E-state index in [2.05, 4.69) is 27.6 Å². The fourth-order valence-electron chi connectivity index (χ4n) is 1.88. The van der Waals surface area contributed by atoms with Crippen LogP contribution in [0.3, 0.4) is 0 Å². The first-order valence-corrected chi connectivity index (χ1v) is 8.05. The van der Waals surface area contributed by atoms with Gasteiger partial charge in [0.1, 0.15) is 5.54 Å². The van der Waals surface area contributed by atoms with E-state index in [-0.39, 0.29) is 11.4 Å². The van der Waals surface area contributed by atoms with Crippen molar-refractivity contribution in [3.8, 4) is 0 Å². The Morgan fingerprint density at radius 3 is 2.50 bits per heavy atom. The first kappa shape index (κ1) is 14.7. The predicted molar refractivity (Wildman–Crippen MR) is 85.3 cm³/mol. The number of hydrogen-bond acceptors (Lipinski definition) is 2. The third-order valence-corrected chi connectivity index (χ3v) is 4.59. The van der Waals surface area contributed by atoms with Crippen molar-refractivity contribution in [3.05, 3.63) is 35.9 Å². The summed E-state index contributed by atoms with van der Waals surface area (Å²) >= 11 is 19.9. The topological polar surface area (TPSA) is 21.6 Å². The first-order chi connectivity index (χ1) is 8.48. The highest BCUT2D eigenvalue weighted by atomic mass is 127. The van der Waals surface area contributed by atoms with E-state index in [4.69, 9.17) is 39.5 Å². The maximum Gasteiger partial charge on any atom is 0.266 e. The van der Waals surface area contributed by atoms with Gasteiger partial charge in [-0.05, 0) is 5.56 Å². The minimum Gasteiger partial charge on any atom is -0.478 e. The van der Waals surface area contributed by atoms with Crippen LogP contribution in [0.15, 0.2) is 35.3 Å². The summed E-state index contributed by atoms with van der Waals surface area (Å²) in [6.45, 7) is 0.505. The number of hydrogen-bond donors (Lipinski definition) is 0. The minimum absolute atomic E-state index is 0.180. The summed E-state index contributed by atoms with van der Waals surface area (Å²) in [6, 6.07) is 10.0. The Morgan fingerprint density at radius 2 is 1.94 bits per heavy atom. The second-order valence-corrected chi connectivity index (χ2v) is 7.09. The predicted octanol–water partition coefficient (Wildman–Crippen LogP) is 4.51. The van der Waals surface area contributed by atoms with E-state index in [0.29, 0.717) is 6.61 Å². The Balaban J connectivity index is 2.45. The zero-order valence-electron chi connectivity index (χ0n) is 9.38. The molecule has 0 radical (unpaired) electrons. The van der Waals surface area contributed by atoms with Crippen LogP contribution >= 0.6 is 57.4 Å². The third-order valence-electron chi connectivity index (χ3n) is 2.84. The van der Waals surface area contributed by atoms with Crippen LogP contribution in [0.5, 0.6) is 0 Å². The van der Waals surface area contributed by atoms with Crippen LogP contribution in [0, 0.1) is 0 Å². The largest absolute Gasteiger partial charge is 0.478 e. The molecule has 0 aliphatic carbocycles. The highest BCUT2D eigenvalue weighted by Gasteiger charge is 2.40. The number of halogens is 4. The minimum atomic E-state index is -1.60. The molecule has 0 spiro atoms. The molecule has 1 aromatic rings. The second-order valence-electron chi connectivity index (χ2n) is 4.04. The molecule has 1 aliphatic rings. The molecule has 2 nitrogen and oxygen atoms in total. The SMILES string of the molecule is ClC(Cl)(Cl)C1=NC(CI)(c2ccccc2)CCO1. The Kier molecular flexibility index (Phi) is 4.68. The molecule has 1 aliphatic heterocycles. The molecule has 0 aromatic heterocycles. The zero-order valence-corrected chi connectivity index (χ0v) is 13.8. The van der Waals surface area contributed by atoms with Gasteiger partial charge in [-0.2, -0.15) is 0 Å². The van der Waals surface area contributed by atoms with Gasteiger partial charge in [-0.25, -0.2) is 4.99 Å². The van der Waals surface area contributed by atoms with E-state index in [1.807, 2.05) is 30.3 Å². The molecule has 0 N–H and O–H groups in total. The first-order valence-electron chi connectivity index (χ1n) is 5.39. The standard InChI is InChI=1S/C12H11Cl3INO/c13-12(14,15)10-17-11(8-16,6-7-18-10)9-4-2-1-3-5-9/h1-5H,6-8H2. The quantitative estimate of drug-likeness (QED) is 0.512. The normalized spacial score (nSPS) is 24.3. The van der Waals surface area contributed by atoms with Crippen molar-refractivity contribution >= 4 is 63.3 Å². The lowest BCUT2D eigenvalue weighted by atomic mass is 9.89. The van der Waals surface area contributed by atoms with Gasteiger partial charge >= 0.3 is 0 Å². The number of nitrogens with zero attached hydrogens (tertiary/aromatic N) is 1. The third kappa shape index (κ3) is 3.06. The smallest absolute Gasteiger partial charge is 0.266 e. The molecule has 0 bridgehead atoms. The van der Waals surface area contributed by atoms with E-state index in [9.17, 15) is 0 Å². The van der Waals surface area contributed by atoms with Gasteiger partial charge in [0, 0.05) is 10.8 Å². The number of rotatable bonds is 2. The molecule has 98 valence electrons. The van der Waals surface area contributed by atoms with Gasteiger partial charge in [-0.15, -0.1) is 0 Å². The van der Waals surface area contributed by atoms with Crippen molar-refractivity contribution in [1.29, 1.82) is 0 Å². The summed E-state index contributed by atoms with van der Waals surface area (Å²) in [7, 11) is 0. The maximum absolute atomic E-state index is 5.86. The van der Waals surface area contributed by atoms with Crippen LogP contribution in [0.2, 0.25) is 0 Å². The van der Waals surface area contributed by atoms with Crippen LogP contribution in [0.1, 0.15) is 12.0 Å². The van der Waals surface area contributed by atoms with Crippen molar-refractivity contribution in [3.63, 3.8) is 0 Å². The molecule has 1 unspecified atom stereocenters. The molecule has 1 aromatic carbocycles. The lowest BCUT2D eigenvalue weighted by Crippen LogP contribution is -2.38. The summed E-state index contributed by atoms with van der Waals surface area (Å²) in [4.78, 5) is 4.56. The lowest BCUT2D eigenvalue weighted by Gasteiger charge is -2.34. The molecular formula is C12H11Cl3INO. The second kappa shape index (κ2) is 5.73. The number of aliphatic imine (C=N–C) groups is 1. The monoisotopic (exact) mass is 417 g/mol. The van der Waals surface area contributed by atoms with Crippen molar-refractivity contribution in [2.24, 2.45) is 4.99 Å². The van der Waals surface area contributed by atoms with Gasteiger partial charge in [0.25, 0.3) is 3.79 Å². The summed E-state index contributed by atoms with van der Waals surface area (Å²) < 4.78 is 4.57. The summed E-state index contributed by atoms with van der Waals surface area (Å²) in [5.41, 5.74) is 0.758. The van der Waals surface area contributed by atoms with E-state index >= 15 is 0 Å². The molecule has 0 amide bonds. The Morgan fingerprint density at radius 1 is 1.28 bits per heavy atom. The molecule has 1 heterocycles. The Hall–Kier alpha value is 0.290. The average Bonchev–Trinajstić information content (AvgIpc) is 2.39. The fraction of sp³-hybridized carbons (Fsp3) is 0.417. The Bertz CT molecular complexity index is 446. The summed E-state index contributed by atoms with van der Waals surface area (Å²) in [5.74, 6) is 0.180. The lowest BCUT2D eigenvalue weighted by molar-refractivity contribution is 0.221. The van der Waals surface area contributed by atoms with Crippen LogP contribution in [-0.2, 0) is 10.3 Å². The van der Waals surface area contributed by atoms with Crippen LogP contribution in [0.4, 0.5) is 0 Å². The molecule has 0 saturated heterocycles. The summed E-state index contributed by atoms with van der Waals surface area (Å²) in [5, 5.41) is 0. The molecule has 6 heteroatoms. The maximum atomic E-state index is 5.86. The highest BCUT2D eigenvalue weighted by Crippen LogP contribution is 2.39. The summed E-state index contributed by atoms with van der Waals surface area (Å²) in [6.07, 6.45) is 0.782. The highest BCUT2D eigenvalue weighted by molar-refractivity contribution is 14.1. The van der Waals surface area contributed by atoms with Gasteiger partial charge < -0.3 is 4.74 Å². The van der Waals surface area contributed by atoms with E-state index in [1.54, 1.807) is 0 Å². The van der Waals surface area contributed by atoms with Gasteiger partial charge in [0.15, 0.2) is 0 Å². The van der Waals surface area contributed by atoms with Crippen molar-refractivity contribution in [2.45, 2.75) is 15.8 Å². The van der Waals surface area contributed by atoms with Crippen LogP contribution in [-0.4, -0.2) is 20.7 Å². The zero-order chi connectivity index (χ0) is 13.2. The number of alkyl halides is 4. The molecular weight excluding hydrogens is 407 g/mol. The number of benzene rings is 1.